The van der Waals surface area contributed by atoms with E-state index >= 15 is 0 Å². The summed E-state index contributed by atoms with van der Waals surface area (Å²) in [7, 11) is 1.76. The molecule has 0 atom stereocenters. The van der Waals surface area contributed by atoms with Gasteiger partial charge in [0, 0.05) is 29.5 Å². The van der Waals surface area contributed by atoms with Gasteiger partial charge in [-0.25, -0.2) is 4.79 Å². The van der Waals surface area contributed by atoms with Gasteiger partial charge in [0.25, 0.3) is 11.8 Å². The predicted octanol–water partition coefficient (Wildman–Crippen LogP) is 4.79. The summed E-state index contributed by atoms with van der Waals surface area (Å²) in [5, 5.41) is 15.3. The number of hydrogen-bond donors (Lipinski definition) is 2. The topological polar surface area (TPSA) is 112 Å². The number of carboxylic acid groups (broad SMARTS) is 1. The Morgan fingerprint density at radius 1 is 1.08 bits per heavy atom. The second kappa shape index (κ2) is 8.89. The monoisotopic (exact) mass is 551 g/mol. The fourth-order valence-electron chi connectivity index (χ4n) is 5.28. The molecule has 2 amide bonds. The average molecular weight is 552 g/mol. The Balaban J connectivity index is 1.24. The molecule has 2 N–H and O–H groups in total. The van der Waals surface area contributed by atoms with Crippen LogP contribution in [0.25, 0.3) is 10.9 Å². The normalized spacial score (nSPS) is 15.8. The van der Waals surface area contributed by atoms with Crippen LogP contribution in [-0.2, 0) is 18.6 Å². The van der Waals surface area contributed by atoms with Crippen LogP contribution in [0.15, 0.2) is 48.7 Å². The molecular weight excluding hydrogens is 529 g/mol. The molecule has 2 aliphatic rings. The van der Waals surface area contributed by atoms with Crippen molar-refractivity contribution in [1.82, 2.24) is 24.6 Å². The molecular formula is C27H23Cl2N5O4. The van der Waals surface area contributed by atoms with Gasteiger partial charge in [-0.05, 0) is 48.7 Å². The van der Waals surface area contributed by atoms with E-state index < -0.39 is 11.5 Å². The highest BCUT2D eigenvalue weighted by Gasteiger charge is 2.50. The highest BCUT2D eigenvalue weighted by Crippen LogP contribution is 2.51. The molecule has 2 aromatic heterocycles. The van der Waals surface area contributed by atoms with Gasteiger partial charge in [0.15, 0.2) is 0 Å². The zero-order valence-electron chi connectivity index (χ0n) is 20.4. The smallest absolute Gasteiger partial charge is 0.335 e. The molecule has 2 aromatic carbocycles. The van der Waals surface area contributed by atoms with Gasteiger partial charge in [-0.15, -0.1) is 0 Å². The Labute approximate surface area is 227 Å². The van der Waals surface area contributed by atoms with Crippen LogP contribution in [0.4, 0.5) is 0 Å². The number of hydrogen-bond acceptors (Lipinski definition) is 4. The lowest BCUT2D eigenvalue weighted by molar-refractivity contribution is 0.0669. The number of amides is 2. The number of carbonyl (C=O) groups is 3. The van der Waals surface area contributed by atoms with Crippen LogP contribution < -0.4 is 0 Å². The number of rotatable bonds is 5. The maximum absolute atomic E-state index is 13.7. The summed E-state index contributed by atoms with van der Waals surface area (Å²) in [6.07, 6.45) is 3.13. The lowest BCUT2D eigenvalue weighted by Gasteiger charge is -2.31. The van der Waals surface area contributed by atoms with Gasteiger partial charge in [0.1, 0.15) is 5.69 Å². The summed E-state index contributed by atoms with van der Waals surface area (Å²) in [6.45, 7) is 1.14. The first-order valence-corrected chi connectivity index (χ1v) is 12.9. The Morgan fingerprint density at radius 3 is 2.50 bits per heavy atom. The molecule has 11 heteroatoms. The van der Waals surface area contributed by atoms with Crippen LogP contribution in [0.5, 0.6) is 0 Å². The maximum Gasteiger partial charge on any atom is 0.335 e. The summed E-state index contributed by atoms with van der Waals surface area (Å²) < 4.78 is 1.77. The van der Waals surface area contributed by atoms with Gasteiger partial charge < -0.3 is 19.9 Å². The fourth-order valence-corrected chi connectivity index (χ4v) is 5.83. The quantitative estimate of drug-likeness (QED) is 0.370. The van der Waals surface area contributed by atoms with Gasteiger partial charge >= 0.3 is 5.97 Å². The van der Waals surface area contributed by atoms with Crippen molar-refractivity contribution in [3.63, 3.8) is 0 Å². The van der Waals surface area contributed by atoms with Crippen molar-refractivity contribution >= 4 is 51.9 Å². The molecule has 0 radical (unpaired) electrons. The largest absolute Gasteiger partial charge is 0.478 e. The van der Waals surface area contributed by atoms with Crippen LogP contribution >= 0.6 is 23.2 Å². The second-order valence-electron chi connectivity index (χ2n) is 9.76. The standard InChI is InChI=1S/C27H23Cl2N5O4/c1-32(27(6-7-27)16-4-2-15(3-5-16)26(37)38)24(35)19-13-30-34-9-8-33(14-23(19)34)25(36)22-12-18-20(29)10-17(28)11-21(18)31-22/h2-5,10-13,31H,6-9,14H2,1H3,(H,37,38). The first-order valence-electron chi connectivity index (χ1n) is 12.1. The van der Waals surface area contributed by atoms with Crippen LogP contribution in [0.3, 0.4) is 0 Å². The van der Waals surface area contributed by atoms with Crippen LogP contribution in [0.2, 0.25) is 10.0 Å². The number of fused-ring (bicyclic) bond motifs is 2. The van der Waals surface area contributed by atoms with Crippen LogP contribution in [-0.4, -0.2) is 61.0 Å². The molecule has 194 valence electrons. The Morgan fingerprint density at radius 2 is 1.82 bits per heavy atom. The number of aromatic carboxylic acids is 1. The maximum atomic E-state index is 13.7. The minimum Gasteiger partial charge on any atom is -0.478 e. The van der Waals surface area contributed by atoms with E-state index in [0.717, 1.165) is 18.4 Å². The third-order valence-corrected chi connectivity index (χ3v) is 8.14. The van der Waals surface area contributed by atoms with Crippen molar-refractivity contribution in [2.45, 2.75) is 31.5 Å². The molecule has 1 fully saturated rings. The number of halogens is 2. The number of nitrogens with one attached hydrogen (secondary N) is 1. The van der Waals surface area contributed by atoms with E-state index in [9.17, 15) is 19.5 Å². The van der Waals surface area contributed by atoms with Crippen molar-refractivity contribution in [3.8, 4) is 0 Å². The third-order valence-electron chi connectivity index (χ3n) is 7.61. The number of H-pyrrole nitrogens is 1. The molecule has 1 aliphatic carbocycles. The molecule has 0 spiro atoms. The van der Waals surface area contributed by atoms with E-state index in [0.29, 0.717) is 51.0 Å². The number of benzene rings is 2. The Bertz CT molecular complexity index is 1620. The lowest BCUT2D eigenvalue weighted by atomic mass is 10.0. The van der Waals surface area contributed by atoms with Crippen molar-refractivity contribution < 1.29 is 19.5 Å². The van der Waals surface area contributed by atoms with Gasteiger partial charge in [0.05, 0.1) is 46.7 Å². The van der Waals surface area contributed by atoms with E-state index in [4.69, 9.17) is 23.2 Å². The van der Waals surface area contributed by atoms with Crippen molar-refractivity contribution in [3.05, 3.63) is 86.8 Å². The molecule has 1 saturated carbocycles. The highest BCUT2D eigenvalue weighted by atomic mass is 35.5. The minimum atomic E-state index is -0.990. The molecule has 3 heterocycles. The van der Waals surface area contributed by atoms with Crippen LogP contribution in [0.1, 0.15) is 55.3 Å². The fraction of sp³-hybridized carbons (Fsp3) is 0.259. The van der Waals surface area contributed by atoms with Crippen molar-refractivity contribution in [2.24, 2.45) is 0 Å². The summed E-state index contributed by atoms with van der Waals surface area (Å²) >= 11 is 12.4. The Kier molecular flexibility index (Phi) is 5.73. The molecule has 1 aliphatic heterocycles. The van der Waals surface area contributed by atoms with Crippen molar-refractivity contribution in [1.29, 1.82) is 0 Å². The summed E-state index contributed by atoms with van der Waals surface area (Å²) in [4.78, 5) is 44.8. The van der Waals surface area contributed by atoms with Gasteiger partial charge in [-0.1, -0.05) is 35.3 Å². The predicted molar refractivity (Wildman–Crippen MR) is 142 cm³/mol. The molecule has 0 unspecified atom stereocenters. The summed E-state index contributed by atoms with van der Waals surface area (Å²) in [5.41, 5.74) is 2.81. The number of aromatic amines is 1. The first-order chi connectivity index (χ1) is 18.2. The summed E-state index contributed by atoms with van der Waals surface area (Å²) in [5.74, 6) is -1.38. The van der Waals surface area contributed by atoms with Gasteiger partial charge in [-0.3, -0.25) is 14.3 Å². The molecule has 9 nitrogen and oxygen atoms in total. The molecule has 0 saturated heterocycles. The second-order valence-corrected chi connectivity index (χ2v) is 10.6. The van der Waals surface area contributed by atoms with E-state index in [1.54, 1.807) is 70.2 Å². The third kappa shape index (κ3) is 3.93. The Hall–Kier alpha value is -3.82. The van der Waals surface area contributed by atoms with Crippen LogP contribution in [0, 0.1) is 0 Å². The van der Waals surface area contributed by atoms with E-state index in [1.165, 1.54) is 0 Å². The number of carbonyl (C=O) groups excluding carboxylic acids is 2. The first kappa shape index (κ1) is 24.5. The summed E-state index contributed by atoms with van der Waals surface area (Å²) in [6, 6.07) is 11.7. The zero-order chi connectivity index (χ0) is 26.8. The van der Waals surface area contributed by atoms with E-state index in [1.807, 2.05) is 0 Å². The van der Waals surface area contributed by atoms with Crippen molar-refractivity contribution in [2.75, 3.05) is 13.6 Å². The average Bonchev–Trinajstić information content (AvgIpc) is 3.42. The van der Waals surface area contributed by atoms with E-state index in [2.05, 4.69) is 10.1 Å². The number of nitrogens with zero attached hydrogens (tertiary/aromatic N) is 4. The molecule has 38 heavy (non-hydrogen) atoms. The molecule has 0 bridgehead atoms. The van der Waals surface area contributed by atoms with Gasteiger partial charge in [0.2, 0.25) is 0 Å². The number of aromatic nitrogens is 3. The highest BCUT2D eigenvalue weighted by molar-refractivity contribution is 6.38. The van der Waals surface area contributed by atoms with E-state index in [-0.39, 0.29) is 23.9 Å². The minimum absolute atomic E-state index is 0.188. The number of carboxylic acids is 1. The molecule has 4 aromatic rings. The van der Waals surface area contributed by atoms with Gasteiger partial charge in [-0.2, -0.15) is 5.10 Å². The molecule has 6 rings (SSSR count). The zero-order valence-corrected chi connectivity index (χ0v) is 21.9. The SMILES string of the molecule is CN(C(=O)c1cnn2c1CN(C(=O)c1cc3c(Cl)cc(Cl)cc3[nH]1)CC2)C1(c2ccc(C(=O)O)cc2)CC1. The lowest BCUT2D eigenvalue weighted by Crippen LogP contribution is -2.41.